The molecule has 0 N–H and O–H groups in total. The largest absolute Gasteiger partial charge is 0.458 e. The minimum absolute atomic E-state index is 0.133. The molecule has 0 radical (unpaired) electrons. The maximum Gasteiger partial charge on any atom is 0.344 e. The fraction of sp³-hybridized carbons (Fsp3) is 0.385. The van der Waals surface area contributed by atoms with Crippen molar-refractivity contribution in [2.24, 2.45) is 0 Å². The number of piperidine rings is 1. The van der Waals surface area contributed by atoms with Crippen molar-refractivity contribution in [3.8, 4) is 11.3 Å². The van der Waals surface area contributed by atoms with E-state index in [-0.39, 0.29) is 18.0 Å². The second-order valence-electron chi connectivity index (χ2n) is 9.27. The topological polar surface area (TPSA) is 55.6 Å². The first-order valence-corrected chi connectivity index (χ1v) is 12.3. The van der Waals surface area contributed by atoms with Crippen LogP contribution in [-0.2, 0) is 4.74 Å². The summed E-state index contributed by atoms with van der Waals surface area (Å²) in [5.41, 5.74) is 2.52. The molecule has 5 nitrogen and oxygen atoms in total. The number of hydrogen-bond acceptors (Lipinski definition) is 5. The Labute approximate surface area is 202 Å². The van der Waals surface area contributed by atoms with Gasteiger partial charge in [0.05, 0.1) is 10.0 Å². The van der Waals surface area contributed by atoms with E-state index in [1.807, 2.05) is 6.07 Å². The average Bonchev–Trinajstić information content (AvgIpc) is 3.50. The number of ether oxygens (including phenoxy) is 1. The summed E-state index contributed by atoms with van der Waals surface area (Å²) >= 11 is 12.9. The SMILES string of the molecule is O=C(OC1C[C@H]2CC[C@@H](C1)N2c1ccccc1)c1c(-c2c(Cl)cccc2Cl)noc1C1CC1. The van der Waals surface area contributed by atoms with Crippen LogP contribution in [0.2, 0.25) is 10.0 Å². The number of fused-ring (bicyclic) bond motifs is 2. The summed E-state index contributed by atoms with van der Waals surface area (Å²) in [5, 5.41) is 5.09. The highest BCUT2D eigenvalue weighted by Crippen LogP contribution is 2.47. The summed E-state index contributed by atoms with van der Waals surface area (Å²) < 4.78 is 11.8. The van der Waals surface area contributed by atoms with Crippen molar-refractivity contribution in [2.45, 2.75) is 62.6 Å². The van der Waals surface area contributed by atoms with Crippen LogP contribution in [0.15, 0.2) is 53.1 Å². The summed E-state index contributed by atoms with van der Waals surface area (Å²) in [7, 11) is 0. The van der Waals surface area contributed by atoms with Crippen LogP contribution in [0, 0.1) is 0 Å². The van der Waals surface area contributed by atoms with Crippen molar-refractivity contribution in [1.82, 2.24) is 5.16 Å². The number of nitrogens with zero attached hydrogens (tertiary/aromatic N) is 2. The van der Waals surface area contributed by atoms with Gasteiger partial charge in [-0.3, -0.25) is 0 Å². The minimum atomic E-state index is -0.387. The van der Waals surface area contributed by atoms with E-state index in [2.05, 4.69) is 34.3 Å². The van der Waals surface area contributed by atoms with E-state index in [1.165, 1.54) is 5.69 Å². The molecule has 170 valence electrons. The molecule has 0 amide bonds. The number of carbonyl (C=O) groups is 1. The lowest BCUT2D eigenvalue weighted by atomic mass is 9.98. The van der Waals surface area contributed by atoms with Crippen molar-refractivity contribution >= 4 is 34.9 Å². The molecule has 3 aliphatic rings. The molecule has 6 rings (SSSR count). The van der Waals surface area contributed by atoms with Crippen LogP contribution in [-0.4, -0.2) is 29.3 Å². The second-order valence-corrected chi connectivity index (χ2v) is 10.1. The zero-order valence-electron chi connectivity index (χ0n) is 18.0. The highest BCUT2D eigenvalue weighted by atomic mass is 35.5. The highest BCUT2D eigenvalue weighted by Gasteiger charge is 2.43. The molecule has 1 unspecified atom stereocenters. The molecular formula is C26H24Cl2N2O3. The summed E-state index contributed by atoms with van der Waals surface area (Å²) in [6.07, 6.45) is 5.71. The number of anilines is 1. The molecule has 3 atom stereocenters. The Kier molecular flexibility index (Phi) is 5.34. The van der Waals surface area contributed by atoms with Gasteiger partial charge >= 0.3 is 5.97 Å². The van der Waals surface area contributed by atoms with Crippen molar-refractivity contribution in [2.75, 3.05) is 4.90 Å². The number of hydrogen-bond donors (Lipinski definition) is 0. The first-order valence-electron chi connectivity index (χ1n) is 11.6. The molecular weight excluding hydrogens is 459 g/mol. The Bertz CT molecular complexity index is 1160. The van der Waals surface area contributed by atoms with Gasteiger partial charge in [-0.25, -0.2) is 4.79 Å². The van der Waals surface area contributed by atoms with E-state index >= 15 is 0 Å². The zero-order chi connectivity index (χ0) is 22.5. The fourth-order valence-electron chi connectivity index (χ4n) is 5.47. The zero-order valence-corrected chi connectivity index (χ0v) is 19.6. The number of aromatic nitrogens is 1. The number of esters is 1. The van der Waals surface area contributed by atoms with E-state index in [4.69, 9.17) is 32.5 Å². The molecule has 1 aromatic heterocycles. The lowest BCUT2D eigenvalue weighted by Crippen LogP contribution is -2.46. The third-order valence-electron chi connectivity index (χ3n) is 7.09. The van der Waals surface area contributed by atoms with Gasteiger partial charge in [-0.2, -0.15) is 0 Å². The van der Waals surface area contributed by atoms with Crippen LogP contribution in [0.25, 0.3) is 11.3 Å². The molecule has 3 fully saturated rings. The third-order valence-corrected chi connectivity index (χ3v) is 7.72. The molecule has 3 aromatic rings. The maximum atomic E-state index is 13.5. The van der Waals surface area contributed by atoms with Crippen LogP contribution in [0.1, 0.15) is 60.6 Å². The van der Waals surface area contributed by atoms with Gasteiger partial charge in [-0.05, 0) is 49.9 Å². The Hall–Kier alpha value is -2.50. The van der Waals surface area contributed by atoms with Gasteiger partial charge in [0.15, 0.2) is 5.76 Å². The number of carbonyl (C=O) groups excluding carboxylic acids is 1. The molecule has 2 aromatic carbocycles. The predicted octanol–water partition coefficient (Wildman–Crippen LogP) is 6.88. The quantitative estimate of drug-likeness (QED) is 0.370. The normalized spacial score (nSPS) is 24.2. The van der Waals surface area contributed by atoms with E-state index in [1.54, 1.807) is 18.2 Å². The van der Waals surface area contributed by atoms with Crippen LogP contribution >= 0.6 is 23.2 Å². The van der Waals surface area contributed by atoms with Gasteiger partial charge < -0.3 is 14.2 Å². The van der Waals surface area contributed by atoms with Crippen LogP contribution in [0.4, 0.5) is 5.69 Å². The summed E-state index contributed by atoms with van der Waals surface area (Å²) in [4.78, 5) is 16.0. The summed E-state index contributed by atoms with van der Waals surface area (Å²) in [6.45, 7) is 0. The molecule has 1 aliphatic carbocycles. The summed E-state index contributed by atoms with van der Waals surface area (Å²) in [6, 6.07) is 16.5. The fourth-order valence-corrected chi connectivity index (χ4v) is 6.05. The third kappa shape index (κ3) is 3.81. The Morgan fingerprint density at radius 1 is 0.939 bits per heavy atom. The molecule has 7 heteroatoms. The predicted molar refractivity (Wildman–Crippen MR) is 128 cm³/mol. The van der Waals surface area contributed by atoms with Gasteiger partial charge in [0.2, 0.25) is 0 Å². The summed E-state index contributed by atoms with van der Waals surface area (Å²) in [5.74, 6) is 0.406. The van der Waals surface area contributed by atoms with E-state index in [0.29, 0.717) is 44.7 Å². The second kappa shape index (κ2) is 8.37. The number of benzene rings is 2. The molecule has 2 aliphatic heterocycles. The molecule has 1 saturated carbocycles. The monoisotopic (exact) mass is 482 g/mol. The average molecular weight is 483 g/mol. The first kappa shape index (κ1) is 21.1. The Balaban J connectivity index is 1.27. The van der Waals surface area contributed by atoms with Crippen LogP contribution in [0.3, 0.4) is 0 Å². The smallest absolute Gasteiger partial charge is 0.344 e. The Morgan fingerprint density at radius 2 is 1.61 bits per heavy atom. The van der Waals surface area contributed by atoms with Crippen LogP contribution in [0.5, 0.6) is 0 Å². The first-order chi connectivity index (χ1) is 16.1. The molecule has 33 heavy (non-hydrogen) atoms. The highest BCUT2D eigenvalue weighted by molar-refractivity contribution is 6.39. The van der Waals surface area contributed by atoms with E-state index in [9.17, 15) is 4.79 Å². The molecule has 2 saturated heterocycles. The Morgan fingerprint density at radius 3 is 2.24 bits per heavy atom. The molecule has 0 spiro atoms. The van der Waals surface area contributed by atoms with Crippen molar-refractivity contribution in [3.05, 3.63) is 69.9 Å². The van der Waals surface area contributed by atoms with Gasteiger partial charge in [0.25, 0.3) is 0 Å². The lowest BCUT2D eigenvalue weighted by molar-refractivity contribution is 0.0202. The molecule has 2 bridgehead atoms. The van der Waals surface area contributed by atoms with Gasteiger partial charge in [-0.1, -0.05) is 52.6 Å². The van der Waals surface area contributed by atoms with Gasteiger partial charge in [0.1, 0.15) is 17.4 Å². The van der Waals surface area contributed by atoms with Crippen molar-refractivity contribution in [3.63, 3.8) is 0 Å². The lowest BCUT2D eigenvalue weighted by Gasteiger charge is -2.40. The standard InChI is InChI=1S/C26H24Cl2N2O3/c27-20-7-4-8-21(28)22(20)24-23(25(33-29-24)15-9-10-15)26(31)32-19-13-17-11-12-18(14-19)30(17)16-5-2-1-3-6-16/h1-8,15,17-19H,9-14H2/t17-,18+,19?. The molecule has 3 heterocycles. The van der Waals surface area contributed by atoms with Crippen LogP contribution < -0.4 is 4.90 Å². The van der Waals surface area contributed by atoms with Crippen molar-refractivity contribution < 1.29 is 14.1 Å². The minimum Gasteiger partial charge on any atom is -0.458 e. The maximum absolute atomic E-state index is 13.5. The van der Waals surface area contributed by atoms with Crippen molar-refractivity contribution in [1.29, 1.82) is 0 Å². The number of rotatable bonds is 5. The number of para-hydroxylation sites is 1. The number of halogens is 2. The van der Waals surface area contributed by atoms with Gasteiger partial charge in [0, 0.05) is 42.1 Å². The van der Waals surface area contributed by atoms with Gasteiger partial charge in [-0.15, -0.1) is 0 Å². The van der Waals surface area contributed by atoms with E-state index < -0.39 is 0 Å². The van der Waals surface area contributed by atoms with E-state index in [0.717, 1.165) is 38.5 Å².